The minimum atomic E-state index is -1.01. The van der Waals surface area contributed by atoms with E-state index >= 15 is 0 Å². The van der Waals surface area contributed by atoms with Crippen LogP contribution in [0.2, 0.25) is 0 Å². The summed E-state index contributed by atoms with van der Waals surface area (Å²) in [5.41, 5.74) is 1.12. The first-order valence-electron chi connectivity index (χ1n) is 9.51. The maximum absolute atomic E-state index is 12.2. The molecule has 28 heavy (non-hydrogen) atoms. The van der Waals surface area contributed by atoms with Gasteiger partial charge >= 0.3 is 5.97 Å². The lowest BCUT2D eigenvalue weighted by Crippen LogP contribution is -2.38. The Labute approximate surface area is 164 Å². The number of carbonyl (C=O) groups excluding carboxylic acids is 4. The van der Waals surface area contributed by atoms with Crippen molar-refractivity contribution in [2.24, 2.45) is 5.92 Å². The maximum atomic E-state index is 12.2. The summed E-state index contributed by atoms with van der Waals surface area (Å²) in [5, 5.41) is 7.84. The van der Waals surface area contributed by atoms with Crippen LogP contribution in [0.3, 0.4) is 0 Å². The summed E-state index contributed by atoms with van der Waals surface area (Å²) >= 11 is 0. The van der Waals surface area contributed by atoms with E-state index in [4.69, 9.17) is 4.74 Å². The third-order valence-corrected chi connectivity index (χ3v) is 4.53. The molecule has 1 aliphatic carbocycles. The SMILES string of the molecule is CC(=O)Nc1ccc(NC(=O)[C@H](C)OC(=O)CNC(=O)C2CCCCC2)cc1. The maximum Gasteiger partial charge on any atom is 0.326 e. The van der Waals surface area contributed by atoms with Gasteiger partial charge in [0.2, 0.25) is 11.8 Å². The zero-order valence-electron chi connectivity index (χ0n) is 16.2. The summed E-state index contributed by atoms with van der Waals surface area (Å²) in [7, 11) is 0. The van der Waals surface area contributed by atoms with E-state index in [9.17, 15) is 19.2 Å². The Bertz CT molecular complexity index is 711. The second-order valence-electron chi connectivity index (χ2n) is 6.93. The molecule has 2 rings (SSSR count). The minimum Gasteiger partial charge on any atom is -0.451 e. The normalized spacial score (nSPS) is 15.2. The fourth-order valence-corrected chi connectivity index (χ4v) is 3.04. The van der Waals surface area contributed by atoms with Crippen LogP contribution < -0.4 is 16.0 Å². The van der Waals surface area contributed by atoms with Gasteiger partial charge in [0.05, 0.1) is 0 Å². The third-order valence-electron chi connectivity index (χ3n) is 4.53. The Morgan fingerprint density at radius 3 is 2.14 bits per heavy atom. The fraction of sp³-hybridized carbons (Fsp3) is 0.500. The van der Waals surface area contributed by atoms with Crippen molar-refractivity contribution in [3.63, 3.8) is 0 Å². The number of nitrogens with one attached hydrogen (secondary N) is 3. The molecule has 0 heterocycles. The van der Waals surface area contributed by atoms with Gasteiger partial charge in [0, 0.05) is 24.2 Å². The van der Waals surface area contributed by atoms with Gasteiger partial charge in [0.25, 0.3) is 5.91 Å². The summed E-state index contributed by atoms with van der Waals surface area (Å²) in [5.74, 6) is -1.50. The van der Waals surface area contributed by atoms with E-state index in [0.29, 0.717) is 11.4 Å². The highest BCUT2D eigenvalue weighted by atomic mass is 16.5. The van der Waals surface area contributed by atoms with Crippen LogP contribution in [-0.4, -0.2) is 36.3 Å². The number of anilines is 2. The van der Waals surface area contributed by atoms with Crippen molar-refractivity contribution < 1.29 is 23.9 Å². The Morgan fingerprint density at radius 2 is 1.57 bits per heavy atom. The number of hydrogen-bond acceptors (Lipinski definition) is 5. The van der Waals surface area contributed by atoms with Crippen LogP contribution in [0, 0.1) is 5.92 Å². The van der Waals surface area contributed by atoms with Gasteiger partial charge in [-0.25, -0.2) is 0 Å². The van der Waals surface area contributed by atoms with Crippen LogP contribution in [0.15, 0.2) is 24.3 Å². The summed E-state index contributed by atoms with van der Waals surface area (Å²) < 4.78 is 5.08. The molecule has 0 unspecified atom stereocenters. The van der Waals surface area contributed by atoms with Crippen LogP contribution in [0.5, 0.6) is 0 Å². The van der Waals surface area contributed by atoms with Gasteiger partial charge in [-0.3, -0.25) is 19.2 Å². The molecule has 3 N–H and O–H groups in total. The Balaban J connectivity index is 1.74. The van der Waals surface area contributed by atoms with E-state index in [-0.39, 0.29) is 24.3 Å². The van der Waals surface area contributed by atoms with Gasteiger partial charge in [-0.15, -0.1) is 0 Å². The summed E-state index contributed by atoms with van der Waals surface area (Å²) in [4.78, 5) is 47.1. The zero-order chi connectivity index (χ0) is 20.5. The molecule has 0 aliphatic heterocycles. The van der Waals surface area contributed by atoms with Crippen LogP contribution in [0.25, 0.3) is 0 Å². The first-order chi connectivity index (χ1) is 13.3. The lowest BCUT2D eigenvalue weighted by molar-refractivity contribution is -0.153. The fourth-order valence-electron chi connectivity index (χ4n) is 3.04. The van der Waals surface area contributed by atoms with Crippen molar-refractivity contribution in [3.05, 3.63) is 24.3 Å². The highest BCUT2D eigenvalue weighted by Gasteiger charge is 2.23. The van der Waals surface area contributed by atoms with Crippen LogP contribution in [0.1, 0.15) is 46.0 Å². The summed E-state index contributed by atoms with van der Waals surface area (Å²) in [6.07, 6.45) is 3.90. The summed E-state index contributed by atoms with van der Waals surface area (Å²) in [6.45, 7) is 2.61. The molecule has 8 heteroatoms. The number of benzene rings is 1. The van der Waals surface area contributed by atoms with Crippen molar-refractivity contribution in [2.45, 2.75) is 52.1 Å². The molecular formula is C20H27N3O5. The van der Waals surface area contributed by atoms with Gasteiger partial charge in [-0.1, -0.05) is 19.3 Å². The monoisotopic (exact) mass is 389 g/mol. The predicted octanol–water partition coefficient (Wildman–Crippen LogP) is 2.21. The second-order valence-corrected chi connectivity index (χ2v) is 6.93. The molecule has 0 bridgehead atoms. The molecule has 0 spiro atoms. The topological polar surface area (TPSA) is 114 Å². The molecule has 0 saturated heterocycles. The molecule has 0 radical (unpaired) electrons. The van der Waals surface area contributed by atoms with Crippen molar-refractivity contribution in [1.29, 1.82) is 0 Å². The largest absolute Gasteiger partial charge is 0.451 e. The zero-order valence-corrected chi connectivity index (χ0v) is 16.2. The van der Waals surface area contributed by atoms with Gasteiger partial charge < -0.3 is 20.7 Å². The highest BCUT2D eigenvalue weighted by molar-refractivity contribution is 5.96. The van der Waals surface area contributed by atoms with Crippen molar-refractivity contribution in [1.82, 2.24) is 5.32 Å². The molecule has 1 aliphatic rings. The van der Waals surface area contributed by atoms with Crippen molar-refractivity contribution in [3.8, 4) is 0 Å². The standard InChI is InChI=1S/C20H27N3O5/c1-13(19(26)23-17-10-8-16(9-11-17)22-14(2)24)28-18(25)12-21-20(27)15-6-4-3-5-7-15/h8-11,13,15H,3-7,12H2,1-2H3,(H,21,27)(H,22,24)(H,23,26)/t13-/m0/s1. The first-order valence-corrected chi connectivity index (χ1v) is 9.51. The van der Waals surface area contributed by atoms with E-state index in [2.05, 4.69) is 16.0 Å². The molecule has 8 nitrogen and oxygen atoms in total. The van der Waals surface area contributed by atoms with E-state index in [1.807, 2.05) is 0 Å². The molecule has 1 aromatic rings. The molecular weight excluding hydrogens is 362 g/mol. The van der Waals surface area contributed by atoms with Crippen molar-refractivity contribution in [2.75, 3.05) is 17.2 Å². The van der Waals surface area contributed by atoms with E-state index in [0.717, 1.165) is 32.1 Å². The number of rotatable bonds is 7. The Kier molecular flexibility index (Phi) is 7.98. The quantitative estimate of drug-likeness (QED) is 0.619. The molecule has 0 aromatic heterocycles. The van der Waals surface area contributed by atoms with Crippen LogP contribution in [-0.2, 0) is 23.9 Å². The van der Waals surface area contributed by atoms with E-state index < -0.39 is 18.0 Å². The Morgan fingerprint density at radius 1 is 1.00 bits per heavy atom. The number of amides is 3. The van der Waals surface area contributed by atoms with E-state index in [1.54, 1.807) is 24.3 Å². The molecule has 1 atom stereocenters. The van der Waals surface area contributed by atoms with Crippen LogP contribution >= 0.6 is 0 Å². The number of hydrogen-bond donors (Lipinski definition) is 3. The van der Waals surface area contributed by atoms with Gasteiger partial charge in [-0.2, -0.15) is 0 Å². The predicted molar refractivity (Wildman–Crippen MR) is 105 cm³/mol. The minimum absolute atomic E-state index is 0.0391. The van der Waals surface area contributed by atoms with Crippen LogP contribution in [0.4, 0.5) is 11.4 Å². The van der Waals surface area contributed by atoms with Gasteiger partial charge in [0.15, 0.2) is 6.10 Å². The van der Waals surface area contributed by atoms with Gasteiger partial charge in [-0.05, 0) is 44.0 Å². The van der Waals surface area contributed by atoms with Gasteiger partial charge in [0.1, 0.15) is 6.54 Å². The molecule has 3 amide bonds. The molecule has 1 saturated carbocycles. The number of carbonyl (C=O) groups is 4. The summed E-state index contributed by atoms with van der Waals surface area (Å²) in [6, 6.07) is 6.55. The second kappa shape index (κ2) is 10.4. The average molecular weight is 389 g/mol. The first kappa shape index (κ1) is 21.4. The highest BCUT2D eigenvalue weighted by Crippen LogP contribution is 2.23. The lowest BCUT2D eigenvalue weighted by atomic mass is 9.89. The van der Waals surface area contributed by atoms with Crippen molar-refractivity contribution >= 4 is 35.1 Å². The number of esters is 1. The number of ether oxygens (including phenoxy) is 1. The lowest BCUT2D eigenvalue weighted by Gasteiger charge is -2.20. The van der Waals surface area contributed by atoms with E-state index in [1.165, 1.54) is 13.8 Å². The Hall–Kier alpha value is -2.90. The smallest absolute Gasteiger partial charge is 0.326 e. The molecule has 1 aromatic carbocycles. The molecule has 152 valence electrons. The third kappa shape index (κ3) is 7.02. The molecule has 1 fully saturated rings. The average Bonchev–Trinajstić information content (AvgIpc) is 2.67.